The lowest BCUT2D eigenvalue weighted by molar-refractivity contribution is -0.433. The Labute approximate surface area is 326 Å². The second-order valence-electron chi connectivity index (χ2n) is 16.1. The molecule has 1 unspecified atom stereocenters. The zero-order chi connectivity index (χ0) is 38.7. The Kier molecular flexibility index (Phi) is 10.9. The van der Waals surface area contributed by atoms with Crippen LogP contribution in [0.15, 0.2) is 115 Å². The van der Waals surface area contributed by atoms with E-state index in [1.54, 1.807) is 0 Å². The lowest BCUT2D eigenvalue weighted by Crippen LogP contribution is -2.35. The van der Waals surface area contributed by atoms with Crippen LogP contribution in [0.4, 0.5) is 11.4 Å². The normalized spacial score (nSPS) is 18.0. The van der Waals surface area contributed by atoms with Crippen molar-refractivity contribution in [3.05, 3.63) is 143 Å². The minimum absolute atomic E-state index is 0.000936. The molecule has 4 aromatic carbocycles. The molecule has 0 aromatic heterocycles. The number of benzene rings is 4. The number of carbonyl (C=O) groups excluding carboxylic acids is 2. The van der Waals surface area contributed by atoms with Crippen molar-refractivity contribution in [3.63, 3.8) is 0 Å². The first-order valence-electron chi connectivity index (χ1n) is 19.9. The molecule has 4 aromatic rings. The number of hydrogen-bond acceptors (Lipinski definition) is 4. The number of unbranched alkanes of at least 4 members (excludes halogenated alkanes) is 1. The maximum absolute atomic E-state index is 12.8. The predicted molar refractivity (Wildman–Crippen MR) is 223 cm³/mol. The van der Waals surface area contributed by atoms with Gasteiger partial charge in [0, 0.05) is 66.5 Å². The molecule has 0 spiro atoms. The number of hydrogen-bond donors (Lipinski definition) is 3. The average Bonchev–Trinajstić information content (AvgIpc) is 3.70. The van der Waals surface area contributed by atoms with Gasteiger partial charge in [-0.25, -0.2) is 0 Å². The molecular formula is C48H55N4O3+. The first-order chi connectivity index (χ1) is 26.6. The van der Waals surface area contributed by atoms with E-state index in [1.807, 2.05) is 24.3 Å². The summed E-state index contributed by atoms with van der Waals surface area (Å²) in [6, 6.07) is 31.7. The fourth-order valence-corrected chi connectivity index (χ4v) is 9.06. The van der Waals surface area contributed by atoms with Crippen molar-refractivity contribution in [2.24, 2.45) is 0 Å². The van der Waals surface area contributed by atoms with Gasteiger partial charge in [0.15, 0.2) is 5.71 Å². The van der Waals surface area contributed by atoms with Gasteiger partial charge in [-0.2, -0.15) is 4.58 Å². The van der Waals surface area contributed by atoms with Crippen molar-refractivity contribution in [3.8, 4) is 11.1 Å². The Morgan fingerprint density at radius 3 is 2.27 bits per heavy atom. The lowest BCUT2D eigenvalue weighted by atomic mass is 9.81. The van der Waals surface area contributed by atoms with Crippen LogP contribution in [0.1, 0.15) is 87.6 Å². The fraction of sp³-hybridized carbons (Fsp3) is 0.354. The predicted octanol–water partition coefficient (Wildman–Crippen LogP) is 8.07. The van der Waals surface area contributed by atoms with E-state index in [1.165, 1.54) is 33.9 Å². The molecule has 2 heterocycles. The zero-order valence-corrected chi connectivity index (χ0v) is 33.0. The average molecular weight is 736 g/mol. The molecule has 0 radical (unpaired) electrons. The molecule has 1 aliphatic carbocycles. The van der Waals surface area contributed by atoms with Crippen molar-refractivity contribution in [1.29, 1.82) is 0 Å². The number of allylic oxidation sites excluding steroid dienone is 4. The van der Waals surface area contributed by atoms with Gasteiger partial charge in [0.25, 0.3) is 0 Å². The quantitative estimate of drug-likeness (QED) is 0.0904. The number of anilines is 1. The number of aliphatic hydroxyl groups excluding tert-OH is 1. The fourth-order valence-electron chi connectivity index (χ4n) is 9.06. The number of rotatable bonds is 14. The summed E-state index contributed by atoms with van der Waals surface area (Å²) in [4.78, 5) is 28.0. The number of nitrogens with zero attached hydrogens (tertiary/aromatic N) is 2. The number of nitrogens with one attached hydrogen (secondary N) is 2. The molecule has 2 aliphatic heterocycles. The van der Waals surface area contributed by atoms with Gasteiger partial charge >= 0.3 is 0 Å². The van der Waals surface area contributed by atoms with Crippen LogP contribution in [0.5, 0.6) is 0 Å². The molecule has 1 atom stereocenters. The number of para-hydroxylation sites is 2. The van der Waals surface area contributed by atoms with Crippen molar-refractivity contribution in [1.82, 2.24) is 10.6 Å². The highest BCUT2D eigenvalue weighted by atomic mass is 16.3. The molecule has 0 saturated carbocycles. The van der Waals surface area contributed by atoms with Crippen molar-refractivity contribution < 1.29 is 19.3 Å². The van der Waals surface area contributed by atoms with E-state index in [0.29, 0.717) is 19.5 Å². The molecule has 2 amide bonds. The second-order valence-corrected chi connectivity index (χ2v) is 16.1. The summed E-state index contributed by atoms with van der Waals surface area (Å²) in [6.45, 7) is 14.0. The molecule has 3 aliphatic rings. The minimum atomic E-state index is -0.153. The maximum Gasteiger partial charge on any atom is 0.224 e. The van der Waals surface area contributed by atoms with Crippen LogP contribution in [0.3, 0.4) is 0 Å². The van der Waals surface area contributed by atoms with E-state index in [0.717, 1.165) is 53.7 Å². The van der Waals surface area contributed by atoms with Crippen LogP contribution in [0.2, 0.25) is 0 Å². The van der Waals surface area contributed by atoms with Crippen LogP contribution in [0, 0.1) is 0 Å². The van der Waals surface area contributed by atoms with Crippen LogP contribution < -0.4 is 15.5 Å². The zero-order valence-electron chi connectivity index (χ0n) is 33.0. The topological polar surface area (TPSA) is 84.7 Å². The van der Waals surface area contributed by atoms with Crippen molar-refractivity contribution in [2.45, 2.75) is 77.0 Å². The molecular weight excluding hydrogens is 681 g/mol. The third kappa shape index (κ3) is 7.30. The summed E-state index contributed by atoms with van der Waals surface area (Å²) >= 11 is 0. The van der Waals surface area contributed by atoms with Crippen LogP contribution in [0.25, 0.3) is 11.1 Å². The van der Waals surface area contributed by atoms with Gasteiger partial charge in [0.1, 0.15) is 6.54 Å². The third-order valence-electron chi connectivity index (χ3n) is 11.9. The molecule has 3 N–H and O–H groups in total. The molecule has 0 fully saturated rings. The molecule has 7 nitrogen and oxygen atoms in total. The summed E-state index contributed by atoms with van der Waals surface area (Å²) in [7, 11) is 0. The Balaban J connectivity index is 0.897. The second kappa shape index (κ2) is 15.8. The number of amides is 2. The summed E-state index contributed by atoms with van der Waals surface area (Å²) in [5, 5.41) is 16.0. The Morgan fingerprint density at radius 1 is 0.800 bits per heavy atom. The summed E-state index contributed by atoms with van der Waals surface area (Å²) in [5.41, 5.74) is 12.9. The number of carbonyl (C=O) groups is 2. The molecule has 55 heavy (non-hydrogen) atoms. The van der Waals surface area contributed by atoms with E-state index in [9.17, 15) is 14.7 Å². The van der Waals surface area contributed by atoms with E-state index >= 15 is 0 Å². The summed E-state index contributed by atoms with van der Waals surface area (Å²) in [6.07, 6.45) is 9.15. The molecule has 284 valence electrons. The van der Waals surface area contributed by atoms with Gasteiger partial charge in [0.05, 0.1) is 18.4 Å². The van der Waals surface area contributed by atoms with Crippen molar-refractivity contribution in [2.75, 3.05) is 37.7 Å². The van der Waals surface area contributed by atoms with E-state index < -0.39 is 0 Å². The lowest BCUT2D eigenvalue weighted by Gasteiger charge is -2.27. The highest BCUT2D eigenvalue weighted by Gasteiger charge is 2.44. The molecule has 0 saturated heterocycles. The Bertz CT molecular complexity index is 2190. The van der Waals surface area contributed by atoms with Gasteiger partial charge in [0.2, 0.25) is 17.5 Å². The van der Waals surface area contributed by atoms with Gasteiger partial charge in [-0.15, -0.1) is 0 Å². The first kappa shape index (κ1) is 38.0. The van der Waals surface area contributed by atoms with Gasteiger partial charge < -0.3 is 20.6 Å². The molecule has 7 rings (SSSR count). The number of aliphatic hydroxyl groups is 1. The highest BCUT2D eigenvalue weighted by Crippen LogP contribution is 2.48. The van der Waals surface area contributed by atoms with Gasteiger partial charge in [-0.1, -0.05) is 98.8 Å². The smallest absolute Gasteiger partial charge is 0.224 e. The molecule has 7 heteroatoms. The van der Waals surface area contributed by atoms with E-state index in [-0.39, 0.29) is 41.6 Å². The highest BCUT2D eigenvalue weighted by molar-refractivity contribution is 6.03. The standard InChI is InChI=1S/C48H54N4O3/c1-6-51-41-20-11-9-18-39(41)47(2,3)43(51)22-15-23-44-48(4,5)40-19-10-12-21-42(40)52(44)29-14-13-24-45(54)49-27-28-50-46(55)31-33-25-26-36-34-16-7-8-17-35(34)38(32-53)37(36)30-33/h7-12,15-23,25-26,30,38,53H,6,13-14,24,27-29,31-32H2,1-5H3,(H-,49,50,54,55)/p+1. The minimum Gasteiger partial charge on any atom is -0.395 e. The number of fused-ring (bicyclic) bond motifs is 5. The van der Waals surface area contributed by atoms with E-state index in [4.69, 9.17) is 0 Å². The van der Waals surface area contributed by atoms with E-state index in [2.05, 4.69) is 140 Å². The Morgan fingerprint density at radius 2 is 1.49 bits per heavy atom. The van der Waals surface area contributed by atoms with Crippen LogP contribution in [-0.4, -0.2) is 60.0 Å². The van der Waals surface area contributed by atoms with Gasteiger partial charge in [-0.05, 0) is 79.1 Å². The maximum atomic E-state index is 12.8. The SMILES string of the molecule is CC[N+]1=C(/C=C/C=C2/N(CCCCC(=O)NCCNC(=O)Cc3ccc4c(c3)C(CO)c3ccccc3-4)c3ccccc3C2(C)C)C(C)(C)c2ccccc21. The summed E-state index contributed by atoms with van der Waals surface area (Å²) in [5.74, 6) is -0.152. The summed E-state index contributed by atoms with van der Waals surface area (Å²) < 4.78 is 2.43. The van der Waals surface area contributed by atoms with Crippen LogP contribution >= 0.6 is 0 Å². The monoisotopic (exact) mass is 735 g/mol. The first-order valence-corrected chi connectivity index (χ1v) is 19.9. The third-order valence-corrected chi connectivity index (χ3v) is 11.9. The largest absolute Gasteiger partial charge is 0.395 e. The van der Waals surface area contributed by atoms with Crippen molar-refractivity contribution >= 4 is 28.9 Å². The van der Waals surface area contributed by atoms with Crippen LogP contribution in [-0.2, 0) is 26.8 Å². The molecule has 0 bridgehead atoms. The Hall–Kier alpha value is -5.27. The van der Waals surface area contributed by atoms with Gasteiger partial charge in [-0.3, -0.25) is 9.59 Å².